The van der Waals surface area contributed by atoms with Crippen LogP contribution in [0.15, 0.2) is 24.3 Å². The van der Waals surface area contributed by atoms with E-state index in [9.17, 15) is 9.59 Å². The van der Waals surface area contributed by atoms with E-state index in [4.69, 9.17) is 4.74 Å². The molecule has 5 heteroatoms. The molecule has 2 amide bonds. The van der Waals surface area contributed by atoms with Gasteiger partial charge in [-0.15, -0.1) is 0 Å². The van der Waals surface area contributed by atoms with Crippen molar-refractivity contribution in [2.24, 2.45) is 0 Å². The number of carbonyl (C=O) groups is 2. The van der Waals surface area contributed by atoms with Crippen LogP contribution in [-0.2, 0) is 9.53 Å². The predicted molar refractivity (Wildman–Crippen MR) is 71.9 cm³/mol. The lowest BCUT2D eigenvalue weighted by Gasteiger charge is -2.09. The van der Waals surface area contributed by atoms with Gasteiger partial charge in [0.25, 0.3) is 0 Å². The van der Waals surface area contributed by atoms with Gasteiger partial charge in [0.1, 0.15) is 6.10 Å². The monoisotopic (exact) mass is 262 g/mol. The van der Waals surface area contributed by atoms with Crippen LogP contribution in [0.2, 0.25) is 0 Å². The third-order valence-corrected chi connectivity index (χ3v) is 3.05. The second-order valence-electron chi connectivity index (χ2n) is 4.84. The molecule has 0 radical (unpaired) electrons. The van der Waals surface area contributed by atoms with Gasteiger partial charge in [-0.1, -0.05) is 12.1 Å². The van der Waals surface area contributed by atoms with Gasteiger partial charge < -0.3 is 15.0 Å². The molecule has 0 aliphatic carbocycles. The van der Waals surface area contributed by atoms with Gasteiger partial charge in [-0.25, -0.2) is 4.79 Å². The lowest BCUT2D eigenvalue weighted by atomic mass is 10.2. The first-order chi connectivity index (χ1) is 9.04. The molecule has 1 heterocycles. The van der Waals surface area contributed by atoms with Crippen LogP contribution >= 0.6 is 0 Å². The van der Waals surface area contributed by atoms with Crippen molar-refractivity contribution in [3.63, 3.8) is 0 Å². The summed E-state index contributed by atoms with van der Waals surface area (Å²) < 4.78 is 5.10. The van der Waals surface area contributed by atoms with Gasteiger partial charge in [0.05, 0.1) is 6.54 Å². The number of benzene rings is 1. The van der Waals surface area contributed by atoms with Crippen molar-refractivity contribution in [3.8, 4) is 0 Å². The smallest absolute Gasteiger partial charge is 0.409 e. The van der Waals surface area contributed by atoms with Crippen LogP contribution < -0.4 is 5.32 Å². The molecule has 1 aromatic rings. The fourth-order valence-corrected chi connectivity index (χ4v) is 2.04. The van der Waals surface area contributed by atoms with Gasteiger partial charge in [0, 0.05) is 19.2 Å². The van der Waals surface area contributed by atoms with Crippen molar-refractivity contribution in [1.29, 1.82) is 0 Å². The van der Waals surface area contributed by atoms with Crippen LogP contribution in [0.25, 0.3) is 0 Å². The Morgan fingerprint density at radius 3 is 2.95 bits per heavy atom. The number of rotatable bonds is 4. The summed E-state index contributed by atoms with van der Waals surface area (Å²) in [6.45, 7) is 2.53. The maximum absolute atomic E-state index is 11.8. The molecule has 5 nitrogen and oxygen atoms in total. The van der Waals surface area contributed by atoms with E-state index in [-0.39, 0.29) is 18.1 Å². The number of amides is 2. The zero-order valence-electron chi connectivity index (χ0n) is 11.2. The standard InChI is InChI=1S/C14H18N2O3/c1-10-4-3-5-11(8-10)15-13(17)7-6-12-9-16(2)14(18)19-12/h3-5,8,12H,6-7,9H2,1-2H3,(H,15,17). The summed E-state index contributed by atoms with van der Waals surface area (Å²) in [6, 6.07) is 7.65. The van der Waals surface area contributed by atoms with Gasteiger partial charge in [-0.3, -0.25) is 4.79 Å². The summed E-state index contributed by atoms with van der Waals surface area (Å²) in [5, 5.41) is 2.84. The number of hydrogen-bond acceptors (Lipinski definition) is 3. The van der Waals surface area contributed by atoms with Crippen molar-refractivity contribution in [1.82, 2.24) is 4.90 Å². The number of likely N-dealkylation sites (N-methyl/N-ethyl adjacent to an activating group) is 1. The Kier molecular flexibility index (Phi) is 4.04. The quantitative estimate of drug-likeness (QED) is 0.904. The number of ether oxygens (including phenoxy) is 1. The Morgan fingerprint density at radius 2 is 2.32 bits per heavy atom. The van der Waals surface area contributed by atoms with Crippen molar-refractivity contribution in [2.45, 2.75) is 25.9 Å². The van der Waals surface area contributed by atoms with Crippen molar-refractivity contribution in [2.75, 3.05) is 18.9 Å². The summed E-state index contributed by atoms with van der Waals surface area (Å²) in [6.07, 6.45) is 0.401. The van der Waals surface area contributed by atoms with E-state index in [1.54, 1.807) is 7.05 Å². The fourth-order valence-electron chi connectivity index (χ4n) is 2.04. The number of aryl methyl sites for hydroxylation is 1. The molecule has 0 saturated carbocycles. The van der Waals surface area contributed by atoms with Crippen LogP contribution in [-0.4, -0.2) is 36.6 Å². The van der Waals surface area contributed by atoms with E-state index >= 15 is 0 Å². The van der Waals surface area contributed by atoms with E-state index in [1.165, 1.54) is 4.90 Å². The molecule has 1 atom stereocenters. The molecule has 1 N–H and O–H groups in total. The Morgan fingerprint density at radius 1 is 1.53 bits per heavy atom. The highest BCUT2D eigenvalue weighted by molar-refractivity contribution is 5.90. The van der Waals surface area contributed by atoms with Crippen LogP contribution in [0, 0.1) is 6.92 Å². The molecule has 1 aliphatic rings. The Labute approximate surface area is 112 Å². The highest BCUT2D eigenvalue weighted by Gasteiger charge is 2.28. The first kappa shape index (κ1) is 13.4. The molecule has 0 aromatic heterocycles. The SMILES string of the molecule is Cc1cccc(NC(=O)CCC2CN(C)C(=O)O2)c1. The third kappa shape index (κ3) is 3.71. The van der Waals surface area contributed by atoms with Crippen molar-refractivity contribution in [3.05, 3.63) is 29.8 Å². The lowest BCUT2D eigenvalue weighted by molar-refractivity contribution is -0.116. The summed E-state index contributed by atoms with van der Waals surface area (Å²) in [4.78, 5) is 24.5. The zero-order chi connectivity index (χ0) is 13.8. The van der Waals surface area contributed by atoms with Crippen LogP contribution in [0.3, 0.4) is 0 Å². The summed E-state index contributed by atoms with van der Waals surface area (Å²) in [5.41, 5.74) is 1.90. The van der Waals surface area contributed by atoms with E-state index in [0.717, 1.165) is 11.3 Å². The number of carbonyl (C=O) groups excluding carboxylic acids is 2. The second kappa shape index (κ2) is 5.73. The maximum atomic E-state index is 11.8. The maximum Gasteiger partial charge on any atom is 0.409 e. The summed E-state index contributed by atoms with van der Waals surface area (Å²) in [5.74, 6) is -0.0591. The van der Waals surface area contributed by atoms with Crippen LogP contribution in [0.1, 0.15) is 18.4 Å². The minimum absolute atomic E-state index is 0.0591. The minimum atomic E-state index is -0.316. The normalized spacial score (nSPS) is 18.3. The van der Waals surface area contributed by atoms with Gasteiger partial charge in [-0.2, -0.15) is 0 Å². The first-order valence-electron chi connectivity index (χ1n) is 6.33. The summed E-state index contributed by atoms with van der Waals surface area (Å²) >= 11 is 0. The minimum Gasteiger partial charge on any atom is -0.444 e. The average molecular weight is 262 g/mol. The number of nitrogens with one attached hydrogen (secondary N) is 1. The van der Waals surface area contributed by atoms with E-state index < -0.39 is 0 Å². The summed E-state index contributed by atoms with van der Waals surface area (Å²) in [7, 11) is 1.69. The highest BCUT2D eigenvalue weighted by atomic mass is 16.6. The van der Waals surface area contributed by atoms with Gasteiger partial charge in [-0.05, 0) is 31.0 Å². The molecule has 1 saturated heterocycles. The Bertz CT molecular complexity index is 487. The van der Waals surface area contributed by atoms with Gasteiger partial charge >= 0.3 is 6.09 Å². The number of nitrogens with zero attached hydrogens (tertiary/aromatic N) is 1. The van der Waals surface area contributed by atoms with Crippen LogP contribution in [0.4, 0.5) is 10.5 Å². The van der Waals surface area contributed by atoms with Crippen molar-refractivity contribution >= 4 is 17.7 Å². The zero-order valence-corrected chi connectivity index (χ0v) is 11.2. The predicted octanol–water partition coefficient (Wildman–Crippen LogP) is 2.16. The van der Waals surface area contributed by atoms with E-state index in [2.05, 4.69) is 5.32 Å². The van der Waals surface area contributed by atoms with E-state index in [1.807, 2.05) is 31.2 Å². The molecule has 2 rings (SSSR count). The van der Waals surface area contributed by atoms with E-state index in [0.29, 0.717) is 19.4 Å². The molecule has 1 fully saturated rings. The average Bonchev–Trinajstić information content (AvgIpc) is 2.66. The topological polar surface area (TPSA) is 58.6 Å². The highest BCUT2D eigenvalue weighted by Crippen LogP contribution is 2.15. The number of anilines is 1. The Balaban J connectivity index is 1.78. The lowest BCUT2D eigenvalue weighted by Crippen LogP contribution is -2.20. The Hall–Kier alpha value is -2.04. The van der Waals surface area contributed by atoms with Gasteiger partial charge in [0.2, 0.25) is 5.91 Å². The second-order valence-corrected chi connectivity index (χ2v) is 4.84. The molecule has 0 bridgehead atoms. The van der Waals surface area contributed by atoms with Crippen molar-refractivity contribution < 1.29 is 14.3 Å². The largest absolute Gasteiger partial charge is 0.444 e. The first-order valence-corrected chi connectivity index (χ1v) is 6.33. The van der Waals surface area contributed by atoms with Gasteiger partial charge in [0.15, 0.2) is 0 Å². The molecule has 19 heavy (non-hydrogen) atoms. The molecule has 1 aliphatic heterocycles. The molecule has 1 aromatic carbocycles. The number of cyclic esters (lactones) is 1. The molecular formula is C14H18N2O3. The van der Waals surface area contributed by atoms with Crippen LogP contribution in [0.5, 0.6) is 0 Å². The third-order valence-electron chi connectivity index (χ3n) is 3.05. The molecule has 102 valence electrons. The molecular weight excluding hydrogens is 244 g/mol. The molecule has 1 unspecified atom stereocenters. The fraction of sp³-hybridized carbons (Fsp3) is 0.429. The number of hydrogen-bond donors (Lipinski definition) is 1. The molecule has 0 spiro atoms.